The second-order valence-corrected chi connectivity index (χ2v) is 6.25. The first-order valence-corrected chi connectivity index (χ1v) is 7.72. The van der Waals surface area contributed by atoms with E-state index >= 15 is 0 Å². The molecule has 21 heavy (non-hydrogen) atoms. The molecular weight excluding hydrogens is 319 g/mol. The van der Waals surface area contributed by atoms with Crippen molar-refractivity contribution in [2.75, 3.05) is 0 Å². The van der Waals surface area contributed by atoms with Crippen molar-refractivity contribution in [1.29, 1.82) is 0 Å². The van der Waals surface area contributed by atoms with Crippen molar-refractivity contribution in [3.63, 3.8) is 0 Å². The Hall–Kier alpha value is -1.61. The molecule has 0 radical (unpaired) electrons. The molecule has 0 amide bonds. The maximum absolute atomic E-state index is 13.6. The number of rotatable bonds is 5. The van der Waals surface area contributed by atoms with Gasteiger partial charge >= 0.3 is 0 Å². The van der Waals surface area contributed by atoms with Gasteiger partial charge in [-0.3, -0.25) is 0 Å². The molecule has 0 aliphatic carbocycles. The summed E-state index contributed by atoms with van der Waals surface area (Å²) in [5.74, 6) is -0.831. The fraction of sp³-hybridized carbons (Fsp3) is 0.167. The van der Waals surface area contributed by atoms with Crippen LogP contribution in [0.3, 0.4) is 0 Å². The molecule has 0 saturated heterocycles. The molecule has 112 valence electrons. The van der Waals surface area contributed by atoms with Gasteiger partial charge in [0.15, 0.2) is 0 Å². The summed E-state index contributed by atoms with van der Waals surface area (Å²) in [4.78, 5) is 7.38. The van der Waals surface area contributed by atoms with Crippen LogP contribution in [-0.4, -0.2) is 18.4 Å². The lowest BCUT2D eigenvalue weighted by atomic mass is 10.2. The maximum atomic E-state index is 13.6. The molecule has 2 aromatic rings. The largest absolute Gasteiger partial charge is 0.326 e. The molecule has 0 aliphatic heterocycles. The number of nitrogens with two attached hydrogens (primary N) is 1. The van der Waals surface area contributed by atoms with E-state index in [1.54, 1.807) is 6.07 Å². The Bertz CT molecular complexity index is 740. The van der Waals surface area contributed by atoms with E-state index in [-0.39, 0.29) is 28.6 Å². The topological polar surface area (TPSA) is 98.0 Å². The number of benzene rings is 1. The summed E-state index contributed by atoms with van der Waals surface area (Å²) in [6.07, 6.45) is 2.79. The molecule has 0 aliphatic rings. The number of sulfonamides is 1. The van der Waals surface area contributed by atoms with Crippen LogP contribution in [0, 0.1) is 5.82 Å². The molecule has 6 nitrogen and oxygen atoms in total. The number of hydrogen-bond acceptors (Lipinski definition) is 5. The predicted octanol–water partition coefficient (Wildman–Crippen LogP) is 1.21. The molecule has 0 bridgehead atoms. The fourth-order valence-corrected chi connectivity index (χ4v) is 2.84. The van der Waals surface area contributed by atoms with Crippen LogP contribution in [0.5, 0.6) is 0 Å². The van der Waals surface area contributed by atoms with Crippen molar-refractivity contribution in [1.82, 2.24) is 14.7 Å². The van der Waals surface area contributed by atoms with E-state index in [0.717, 1.165) is 6.07 Å². The number of aromatic nitrogens is 2. The van der Waals surface area contributed by atoms with Gasteiger partial charge in [-0.05, 0) is 23.8 Å². The average molecular weight is 331 g/mol. The summed E-state index contributed by atoms with van der Waals surface area (Å²) in [6, 6.07) is 3.66. The van der Waals surface area contributed by atoms with Gasteiger partial charge in [0, 0.05) is 12.7 Å². The van der Waals surface area contributed by atoms with Crippen LogP contribution < -0.4 is 10.5 Å². The van der Waals surface area contributed by atoms with Gasteiger partial charge in [-0.15, -0.1) is 0 Å². The van der Waals surface area contributed by atoms with E-state index in [4.69, 9.17) is 17.3 Å². The van der Waals surface area contributed by atoms with E-state index < -0.39 is 15.8 Å². The van der Waals surface area contributed by atoms with Gasteiger partial charge < -0.3 is 5.73 Å². The Labute approximate surface area is 126 Å². The third-order valence-electron chi connectivity index (χ3n) is 2.69. The molecule has 1 aromatic carbocycles. The quantitative estimate of drug-likeness (QED) is 0.858. The molecule has 0 atom stereocenters. The fourth-order valence-electron chi connectivity index (χ4n) is 1.60. The van der Waals surface area contributed by atoms with E-state index in [2.05, 4.69) is 14.7 Å². The number of hydrogen-bond donors (Lipinski definition) is 2. The minimum Gasteiger partial charge on any atom is -0.326 e. The summed E-state index contributed by atoms with van der Waals surface area (Å²) in [5, 5.41) is -0.174. The second-order valence-electron chi connectivity index (χ2n) is 4.11. The first-order chi connectivity index (χ1) is 9.94. The monoisotopic (exact) mass is 330 g/mol. The van der Waals surface area contributed by atoms with Crippen molar-refractivity contribution in [2.45, 2.75) is 18.0 Å². The summed E-state index contributed by atoms with van der Waals surface area (Å²) in [6.45, 7) is -0.0991. The first-order valence-electron chi connectivity index (χ1n) is 5.86. The van der Waals surface area contributed by atoms with E-state index in [9.17, 15) is 12.8 Å². The third kappa shape index (κ3) is 3.73. The lowest BCUT2D eigenvalue weighted by Crippen LogP contribution is -2.24. The Morgan fingerprint density at radius 1 is 1.38 bits per heavy atom. The van der Waals surface area contributed by atoms with E-state index in [1.165, 1.54) is 18.6 Å². The van der Waals surface area contributed by atoms with Crippen LogP contribution in [-0.2, 0) is 23.1 Å². The highest BCUT2D eigenvalue weighted by atomic mass is 35.5. The predicted molar refractivity (Wildman–Crippen MR) is 75.4 cm³/mol. The highest BCUT2D eigenvalue weighted by Crippen LogP contribution is 2.24. The van der Waals surface area contributed by atoms with Gasteiger partial charge in [0.1, 0.15) is 12.1 Å². The molecular formula is C12H12ClFN4O2S. The van der Waals surface area contributed by atoms with Crippen molar-refractivity contribution in [3.8, 4) is 0 Å². The van der Waals surface area contributed by atoms with Gasteiger partial charge in [-0.1, -0.05) is 11.6 Å². The van der Waals surface area contributed by atoms with Crippen LogP contribution in [0.1, 0.15) is 11.3 Å². The summed E-state index contributed by atoms with van der Waals surface area (Å²) >= 11 is 5.70. The van der Waals surface area contributed by atoms with E-state index in [0.29, 0.717) is 5.69 Å². The molecule has 1 aromatic heterocycles. The Morgan fingerprint density at radius 2 is 2.14 bits per heavy atom. The van der Waals surface area contributed by atoms with Crippen LogP contribution in [0.4, 0.5) is 4.39 Å². The third-order valence-corrected chi connectivity index (χ3v) is 4.50. The molecule has 0 spiro atoms. The van der Waals surface area contributed by atoms with Crippen LogP contribution in [0.25, 0.3) is 0 Å². The second kappa shape index (κ2) is 6.44. The summed E-state index contributed by atoms with van der Waals surface area (Å²) < 4.78 is 40.2. The van der Waals surface area contributed by atoms with Crippen LogP contribution >= 0.6 is 11.6 Å². The van der Waals surface area contributed by atoms with Gasteiger partial charge in [0.25, 0.3) is 0 Å². The van der Waals surface area contributed by atoms with Gasteiger partial charge in [-0.25, -0.2) is 27.5 Å². The average Bonchev–Trinajstić information content (AvgIpc) is 2.49. The number of halogens is 2. The smallest absolute Gasteiger partial charge is 0.241 e. The van der Waals surface area contributed by atoms with E-state index in [1.807, 2.05) is 0 Å². The number of nitrogens with zero attached hydrogens (tertiary/aromatic N) is 2. The SMILES string of the molecule is NCc1cc(S(=O)(=O)NCc2ccncn2)cc(F)c1Cl. The van der Waals surface area contributed by atoms with Gasteiger partial charge in [-0.2, -0.15) is 0 Å². The van der Waals surface area contributed by atoms with Crippen molar-refractivity contribution < 1.29 is 12.8 Å². The molecule has 2 rings (SSSR count). The Kier molecular flexibility index (Phi) is 4.84. The maximum Gasteiger partial charge on any atom is 0.241 e. The number of nitrogens with one attached hydrogen (secondary N) is 1. The molecule has 0 fully saturated rings. The van der Waals surface area contributed by atoms with Crippen molar-refractivity contribution in [2.24, 2.45) is 5.73 Å². The molecule has 1 heterocycles. The van der Waals surface area contributed by atoms with Crippen molar-refractivity contribution in [3.05, 3.63) is 52.8 Å². The Balaban J connectivity index is 2.25. The summed E-state index contributed by atoms with van der Waals surface area (Å²) in [5.41, 5.74) is 6.12. The first kappa shape index (κ1) is 15.8. The zero-order valence-corrected chi connectivity index (χ0v) is 12.3. The normalized spacial score (nSPS) is 11.6. The molecule has 3 N–H and O–H groups in total. The van der Waals surface area contributed by atoms with Crippen molar-refractivity contribution >= 4 is 21.6 Å². The molecule has 0 saturated carbocycles. The van der Waals surface area contributed by atoms with Crippen LogP contribution in [0.15, 0.2) is 35.6 Å². The Morgan fingerprint density at radius 3 is 2.76 bits per heavy atom. The highest BCUT2D eigenvalue weighted by Gasteiger charge is 2.18. The minimum atomic E-state index is -3.89. The highest BCUT2D eigenvalue weighted by molar-refractivity contribution is 7.89. The standard InChI is InChI=1S/C12H12ClFN4O2S/c13-12-8(5-15)3-10(4-11(12)14)21(19,20)18-6-9-1-2-16-7-17-9/h1-4,7,18H,5-6,15H2. The zero-order chi connectivity index (χ0) is 15.5. The summed E-state index contributed by atoms with van der Waals surface area (Å²) in [7, 11) is -3.89. The van der Waals surface area contributed by atoms with Crippen LogP contribution in [0.2, 0.25) is 5.02 Å². The van der Waals surface area contributed by atoms with Gasteiger partial charge in [0.05, 0.1) is 22.2 Å². The van der Waals surface area contributed by atoms with Gasteiger partial charge in [0.2, 0.25) is 10.0 Å². The minimum absolute atomic E-state index is 0.0347. The molecule has 9 heteroatoms. The zero-order valence-electron chi connectivity index (χ0n) is 10.8. The lowest BCUT2D eigenvalue weighted by molar-refractivity contribution is 0.576. The molecule has 0 unspecified atom stereocenters. The lowest BCUT2D eigenvalue weighted by Gasteiger charge is -2.09.